The lowest BCUT2D eigenvalue weighted by Crippen LogP contribution is -2.32. The number of nitrogens with zero attached hydrogens (tertiary/aromatic N) is 2. The second kappa shape index (κ2) is 7.01. The summed E-state index contributed by atoms with van der Waals surface area (Å²) in [6.07, 6.45) is 0. The van der Waals surface area contributed by atoms with Gasteiger partial charge < -0.3 is 0 Å². The summed E-state index contributed by atoms with van der Waals surface area (Å²) >= 11 is 1.44. The summed E-state index contributed by atoms with van der Waals surface area (Å²) in [4.78, 5) is 31.0. The third kappa shape index (κ3) is 3.26. The van der Waals surface area contributed by atoms with Crippen LogP contribution in [0.25, 0.3) is 0 Å². The number of benzene rings is 2. The molecule has 0 bridgehead atoms. The van der Waals surface area contributed by atoms with Gasteiger partial charge in [0, 0.05) is 23.4 Å². The molecule has 3 rings (SSSR count). The zero-order valence-electron chi connectivity index (χ0n) is 13.7. The maximum absolute atomic E-state index is 12.8. The molecule has 1 saturated heterocycles. The van der Waals surface area contributed by atoms with Crippen molar-refractivity contribution in [3.8, 4) is 0 Å². The number of hydrogen-bond acceptors (Lipinski definition) is 3. The molecule has 0 radical (unpaired) electrons. The Hall–Kier alpha value is -2.40. The number of carbonyl (C=O) groups excluding carboxylic acids is 2. The van der Waals surface area contributed by atoms with Gasteiger partial charge in [-0.05, 0) is 37.1 Å². The average Bonchev–Trinajstić information content (AvgIpc) is 3.03. The molecule has 0 atom stereocenters. The Bertz CT molecular complexity index is 830. The Kier molecular flexibility index (Phi) is 4.81. The number of hydrogen-bond donors (Lipinski definition) is 0. The number of aliphatic imine (C=N–C) groups is 1. The number of carbonyl (C=O) groups is 2. The van der Waals surface area contributed by atoms with Crippen molar-refractivity contribution in [1.29, 1.82) is 0 Å². The van der Waals surface area contributed by atoms with Crippen LogP contribution in [-0.4, -0.2) is 34.2 Å². The molecule has 1 fully saturated rings. The minimum Gasteiger partial charge on any atom is -0.286 e. The molecule has 0 aliphatic carbocycles. The molecule has 0 saturated carbocycles. The van der Waals surface area contributed by atoms with E-state index >= 15 is 0 Å². The number of amidine groups is 1. The van der Waals surface area contributed by atoms with Crippen LogP contribution < -0.4 is 0 Å². The lowest BCUT2D eigenvalue weighted by atomic mass is 10.1. The third-order valence-corrected chi connectivity index (χ3v) is 4.93. The van der Waals surface area contributed by atoms with Crippen LogP contribution in [0.1, 0.15) is 31.8 Å². The Balaban J connectivity index is 1.88. The molecule has 1 aliphatic rings. The second-order valence-corrected chi connectivity index (χ2v) is 6.70. The van der Waals surface area contributed by atoms with E-state index < -0.39 is 0 Å². The monoisotopic (exact) mass is 338 g/mol. The van der Waals surface area contributed by atoms with Gasteiger partial charge in [-0.25, -0.2) is 0 Å². The van der Waals surface area contributed by atoms with Gasteiger partial charge in [-0.2, -0.15) is 4.99 Å². The molecule has 24 heavy (non-hydrogen) atoms. The zero-order valence-corrected chi connectivity index (χ0v) is 14.5. The predicted octanol–water partition coefficient (Wildman–Crippen LogP) is 3.69. The number of amides is 2. The van der Waals surface area contributed by atoms with Crippen LogP contribution in [0.4, 0.5) is 0 Å². The smallest absolute Gasteiger partial charge is 0.279 e. The molecule has 1 heterocycles. The Morgan fingerprint density at radius 3 is 2.17 bits per heavy atom. The van der Waals surface area contributed by atoms with E-state index in [4.69, 9.17) is 0 Å². The number of rotatable bonds is 2. The number of thioether (sulfide) groups is 1. The van der Waals surface area contributed by atoms with Crippen LogP contribution in [0.2, 0.25) is 0 Å². The fourth-order valence-electron chi connectivity index (χ4n) is 2.60. The van der Waals surface area contributed by atoms with Gasteiger partial charge in [-0.1, -0.05) is 48.2 Å². The molecule has 0 unspecified atom stereocenters. The zero-order chi connectivity index (χ0) is 17.1. The van der Waals surface area contributed by atoms with Crippen molar-refractivity contribution in [2.45, 2.75) is 13.8 Å². The Labute approximate surface area is 145 Å². The van der Waals surface area contributed by atoms with Gasteiger partial charge in [-0.3, -0.25) is 14.5 Å². The Morgan fingerprint density at radius 2 is 1.54 bits per heavy atom. The first-order valence-electron chi connectivity index (χ1n) is 7.77. The van der Waals surface area contributed by atoms with Crippen LogP contribution in [0.3, 0.4) is 0 Å². The van der Waals surface area contributed by atoms with E-state index in [1.54, 1.807) is 17.0 Å². The highest BCUT2D eigenvalue weighted by Gasteiger charge is 2.28. The van der Waals surface area contributed by atoms with E-state index in [0.29, 0.717) is 22.8 Å². The van der Waals surface area contributed by atoms with Crippen molar-refractivity contribution in [3.05, 3.63) is 70.8 Å². The predicted molar refractivity (Wildman–Crippen MR) is 97.6 cm³/mol. The molecule has 122 valence electrons. The molecule has 4 nitrogen and oxygen atoms in total. The third-order valence-electron chi connectivity index (χ3n) is 3.97. The SMILES string of the molecule is Cc1ccccc1C(=O)N=C1SCCN1C(=O)c1ccccc1C. The number of aryl methyl sites for hydroxylation is 2. The molecule has 5 heteroatoms. The first kappa shape index (κ1) is 16.5. The van der Waals surface area contributed by atoms with E-state index in [-0.39, 0.29) is 11.8 Å². The fourth-order valence-corrected chi connectivity index (χ4v) is 3.53. The van der Waals surface area contributed by atoms with E-state index in [1.165, 1.54) is 11.8 Å². The quantitative estimate of drug-likeness (QED) is 0.839. The van der Waals surface area contributed by atoms with Crippen LogP contribution in [0.5, 0.6) is 0 Å². The maximum atomic E-state index is 12.8. The molecular formula is C19H18N2O2S. The van der Waals surface area contributed by atoms with Gasteiger partial charge in [-0.15, -0.1) is 0 Å². The summed E-state index contributed by atoms with van der Waals surface area (Å²) < 4.78 is 0. The highest BCUT2D eigenvalue weighted by molar-refractivity contribution is 8.14. The summed E-state index contributed by atoms with van der Waals surface area (Å²) in [5, 5.41) is 0.483. The summed E-state index contributed by atoms with van der Waals surface area (Å²) in [6, 6.07) is 14.8. The van der Waals surface area contributed by atoms with Crippen LogP contribution in [0, 0.1) is 13.8 Å². The van der Waals surface area contributed by atoms with Crippen LogP contribution in [-0.2, 0) is 0 Å². The van der Waals surface area contributed by atoms with Crippen LogP contribution in [0.15, 0.2) is 53.5 Å². The molecule has 2 aromatic rings. The van der Waals surface area contributed by atoms with Crippen molar-refractivity contribution in [1.82, 2.24) is 4.90 Å². The average molecular weight is 338 g/mol. The molecule has 2 amide bonds. The van der Waals surface area contributed by atoms with E-state index in [0.717, 1.165) is 16.9 Å². The lowest BCUT2D eigenvalue weighted by molar-refractivity contribution is 0.0858. The van der Waals surface area contributed by atoms with Gasteiger partial charge in [0.05, 0.1) is 0 Å². The van der Waals surface area contributed by atoms with Gasteiger partial charge in [0.2, 0.25) is 0 Å². The van der Waals surface area contributed by atoms with Crippen molar-refractivity contribution >= 4 is 28.7 Å². The van der Waals surface area contributed by atoms with Gasteiger partial charge in [0.25, 0.3) is 11.8 Å². The highest BCUT2D eigenvalue weighted by Crippen LogP contribution is 2.23. The first-order chi connectivity index (χ1) is 11.6. The molecule has 0 N–H and O–H groups in total. The minimum atomic E-state index is -0.305. The minimum absolute atomic E-state index is 0.102. The van der Waals surface area contributed by atoms with Gasteiger partial charge in [0.1, 0.15) is 0 Å². The normalized spacial score (nSPS) is 15.8. The second-order valence-electron chi connectivity index (χ2n) is 5.63. The summed E-state index contributed by atoms with van der Waals surface area (Å²) in [7, 11) is 0. The molecular weight excluding hydrogens is 320 g/mol. The highest BCUT2D eigenvalue weighted by atomic mass is 32.2. The Morgan fingerprint density at radius 1 is 0.958 bits per heavy atom. The van der Waals surface area contributed by atoms with Crippen molar-refractivity contribution < 1.29 is 9.59 Å². The molecule has 2 aromatic carbocycles. The topological polar surface area (TPSA) is 49.7 Å². The van der Waals surface area contributed by atoms with Crippen molar-refractivity contribution in [2.75, 3.05) is 12.3 Å². The van der Waals surface area contributed by atoms with Gasteiger partial charge >= 0.3 is 0 Å². The van der Waals surface area contributed by atoms with Crippen molar-refractivity contribution in [2.24, 2.45) is 4.99 Å². The summed E-state index contributed by atoms with van der Waals surface area (Å²) in [5.74, 6) is 0.340. The van der Waals surface area contributed by atoms with E-state index in [2.05, 4.69) is 4.99 Å². The molecule has 0 spiro atoms. The largest absolute Gasteiger partial charge is 0.286 e. The lowest BCUT2D eigenvalue weighted by Gasteiger charge is -2.17. The molecule has 1 aliphatic heterocycles. The maximum Gasteiger partial charge on any atom is 0.279 e. The standard InChI is InChI=1S/C19H18N2O2S/c1-13-7-3-5-9-15(13)17(22)20-19-21(11-12-24-19)18(23)16-10-6-4-8-14(16)2/h3-10H,11-12H2,1-2H3. The molecule has 0 aromatic heterocycles. The van der Waals surface area contributed by atoms with Crippen molar-refractivity contribution in [3.63, 3.8) is 0 Å². The summed E-state index contributed by atoms with van der Waals surface area (Å²) in [6.45, 7) is 4.36. The van der Waals surface area contributed by atoms with E-state index in [9.17, 15) is 9.59 Å². The first-order valence-corrected chi connectivity index (χ1v) is 8.75. The van der Waals surface area contributed by atoms with Gasteiger partial charge in [0.15, 0.2) is 5.17 Å². The fraction of sp³-hybridized carbons (Fsp3) is 0.211. The van der Waals surface area contributed by atoms with Crippen LogP contribution >= 0.6 is 11.8 Å². The van der Waals surface area contributed by atoms with E-state index in [1.807, 2.05) is 50.2 Å². The summed E-state index contributed by atoms with van der Waals surface area (Å²) in [5.41, 5.74) is 3.02.